The largest absolute Gasteiger partial charge is 0.457 e. The summed E-state index contributed by atoms with van der Waals surface area (Å²) in [4.78, 5) is 0.0867. The van der Waals surface area contributed by atoms with Gasteiger partial charge in [-0.15, -0.1) is 0 Å². The van der Waals surface area contributed by atoms with Crippen LogP contribution in [0.4, 0.5) is 13.2 Å². The molecule has 156 valence electrons. The third-order valence-electron chi connectivity index (χ3n) is 3.19. The number of alkyl halides is 3. The molecule has 2 unspecified atom stereocenters. The maximum absolute atomic E-state index is 13.5. The zero-order chi connectivity index (χ0) is 22.6. The zero-order valence-corrected chi connectivity index (χ0v) is 17.4. The molecule has 1 N–H and O–H groups in total. The highest BCUT2D eigenvalue weighted by molar-refractivity contribution is 8.04. The van der Waals surface area contributed by atoms with Crippen molar-refractivity contribution in [2.45, 2.75) is 45.2 Å². The van der Waals surface area contributed by atoms with Gasteiger partial charge in [0, 0.05) is 11.8 Å². The Balaban J connectivity index is 6.03. The number of nitrogens with zero attached hydrogens (tertiary/aromatic N) is 2. The van der Waals surface area contributed by atoms with Crippen molar-refractivity contribution in [1.29, 1.82) is 10.5 Å². The van der Waals surface area contributed by atoms with Crippen LogP contribution < -0.4 is 0 Å². The smallest absolute Gasteiger partial charge is 0.295 e. The molecule has 0 aromatic carbocycles. The number of rotatable bonds is 10. The predicted octanol–water partition coefficient (Wildman–Crippen LogP) is 5.85. The Morgan fingerprint density at radius 2 is 1.86 bits per heavy atom. The Morgan fingerprint density at radius 3 is 2.28 bits per heavy atom. The van der Waals surface area contributed by atoms with Crippen LogP contribution in [0.2, 0.25) is 0 Å². The molecule has 0 fully saturated rings. The van der Waals surface area contributed by atoms with Crippen LogP contribution in [0.25, 0.3) is 0 Å². The predicted molar refractivity (Wildman–Crippen MR) is 109 cm³/mol. The number of allylic oxidation sites excluding steroid dienone is 7. The Kier molecular flexibility index (Phi) is 11.5. The van der Waals surface area contributed by atoms with Gasteiger partial charge in [-0.25, -0.2) is 4.39 Å². The van der Waals surface area contributed by atoms with Crippen LogP contribution in [0, 0.1) is 22.7 Å². The number of aliphatic hydroxyl groups excluding tert-OH is 1. The lowest BCUT2D eigenvalue weighted by Gasteiger charge is -2.15. The molecule has 0 saturated carbocycles. The van der Waals surface area contributed by atoms with E-state index in [-0.39, 0.29) is 33.8 Å². The lowest BCUT2D eigenvalue weighted by Crippen LogP contribution is -2.08. The number of ether oxygens (including phenoxy) is 1. The van der Waals surface area contributed by atoms with Crippen LogP contribution in [-0.2, 0) is 4.74 Å². The molecule has 0 aliphatic rings. The quantitative estimate of drug-likeness (QED) is 0.271. The summed E-state index contributed by atoms with van der Waals surface area (Å²) >= 11 is 0.237. The molecule has 0 saturated heterocycles. The minimum Gasteiger partial charge on any atom is -0.457 e. The number of nitriles is 2. The van der Waals surface area contributed by atoms with Gasteiger partial charge in [0.25, 0.3) is 5.25 Å². The van der Waals surface area contributed by atoms with Gasteiger partial charge in [-0.3, -0.25) is 0 Å². The lowest BCUT2D eigenvalue weighted by molar-refractivity contribution is 0.129. The van der Waals surface area contributed by atoms with E-state index in [9.17, 15) is 18.3 Å². The third-order valence-corrected chi connectivity index (χ3v) is 4.22. The van der Waals surface area contributed by atoms with Crippen LogP contribution in [0.1, 0.15) is 27.7 Å². The molecular weight excluding hydrogens is 401 g/mol. The normalized spacial score (nSPS) is 16.6. The van der Waals surface area contributed by atoms with Gasteiger partial charge in [0.05, 0.1) is 29.9 Å². The van der Waals surface area contributed by atoms with Gasteiger partial charge in [-0.1, -0.05) is 24.4 Å². The van der Waals surface area contributed by atoms with Crippen molar-refractivity contribution in [1.82, 2.24) is 0 Å². The highest BCUT2D eigenvalue weighted by Crippen LogP contribution is 2.37. The second-order valence-corrected chi connectivity index (χ2v) is 7.27. The summed E-state index contributed by atoms with van der Waals surface area (Å²) in [6.07, 6.45) is 4.68. The minimum absolute atomic E-state index is 0.0612. The fraction of sp³-hybridized carbons (Fsp3) is 0.333. The van der Waals surface area contributed by atoms with Crippen molar-refractivity contribution < 1.29 is 23.0 Å². The van der Waals surface area contributed by atoms with Crippen molar-refractivity contribution in [3.05, 3.63) is 70.6 Å². The average Bonchev–Trinajstić information content (AvgIpc) is 2.60. The molecule has 0 bridgehead atoms. The summed E-state index contributed by atoms with van der Waals surface area (Å²) < 4.78 is 45.8. The maximum atomic E-state index is 13.5. The van der Waals surface area contributed by atoms with Gasteiger partial charge in [0.2, 0.25) is 0 Å². The molecule has 0 aromatic heterocycles. The van der Waals surface area contributed by atoms with Gasteiger partial charge in [0.15, 0.2) is 0 Å². The van der Waals surface area contributed by atoms with Crippen LogP contribution >= 0.6 is 11.8 Å². The van der Waals surface area contributed by atoms with Gasteiger partial charge in [-0.05, 0) is 50.6 Å². The first kappa shape index (κ1) is 26.3. The van der Waals surface area contributed by atoms with E-state index in [0.29, 0.717) is 5.57 Å². The molecule has 4 nitrogen and oxygen atoms in total. The minimum atomic E-state index is -3.10. The Labute approximate surface area is 173 Å². The molecule has 0 radical (unpaired) electrons. The van der Waals surface area contributed by atoms with E-state index >= 15 is 0 Å². The van der Waals surface area contributed by atoms with Crippen molar-refractivity contribution in [2.24, 2.45) is 0 Å². The van der Waals surface area contributed by atoms with Gasteiger partial charge < -0.3 is 9.84 Å². The molecule has 0 aromatic rings. The van der Waals surface area contributed by atoms with Gasteiger partial charge >= 0.3 is 0 Å². The molecule has 0 amide bonds. The summed E-state index contributed by atoms with van der Waals surface area (Å²) in [7, 11) is 0. The van der Waals surface area contributed by atoms with Crippen LogP contribution in [0.5, 0.6) is 0 Å². The lowest BCUT2D eigenvalue weighted by atomic mass is 10.1. The first-order valence-corrected chi connectivity index (χ1v) is 9.26. The van der Waals surface area contributed by atoms with Gasteiger partial charge in [-0.2, -0.15) is 19.3 Å². The molecule has 0 spiro atoms. The SMILES string of the molecule is C=C/C(C#N)=C\C(=C/C(C)F)OC(/C=C\C(SC(C)(F)F)=C(/C)C(C)O)=C\C#N. The van der Waals surface area contributed by atoms with E-state index in [1.807, 2.05) is 6.07 Å². The zero-order valence-electron chi connectivity index (χ0n) is 16.6. The number of hydrogen-bond acceptors (Lipinski definition) is 5. The number of halogens is 3. The monoisotopic (exact) mass is 424 g/mol. The van der Waals surface area contributed by atoms with E-state index in [0.717, 1.165) is 19.1 Å². The van der Waals surface area contributed by atoms with Crippen LogP contribution in [0.15, 0.2) is 70.6 Å². The van der Waals surface area contributed by atoms with Crippen molar-refractivity contribution in [3.8, 4) is 12.1 Å². The standard InChI is InChI=1S/C21H23F3N2O2S/c1-6-17(13-26)12-19(11-14(2)22)28-18(9-10-25)7-8-20(15(3)16(4)27)29-21(5,23)24/h6-9,11-12,14,16,27H,1H2,2-5H3/b8-7-,17-12+,18-9-,19-11+,20-15-. The first-order valence-electron chi connectivity index (χ1n) is 8.45. The van der Waals surface area contributed by atoms with Crippen molar-refractivity contribution in [3.63, 3.8) is 0 Å². The van der Waals surface area contributed by atoms with Crippen LogP contribution in [-0.4, -0.2) is 22.6 Å². The third kappa shape index (κ3) is 11.7. The highest BCUT2D eigenvalue weighted by atomic mass is 32.2. The molecule has 29 heavy (non-hydrogen) atoms. The van der Waals surface area contributed by atoms with E-state index < -0.39 is 17.5 Å². The fourth-order valence-corrected chi connectivity index (χ4v) is 2.60. The summed E-state index contributed by atoms with van der Waals surface area (Å²) in [6.45, 7) is 8.36. The average molecular weight is 424 g/mol. The topological polar surface area (TPSA) is 77.0 Å². The van der Waals surface area contributed by atoms with Crippen LogP contribution in [0.3, 0.4) is 0 Å². The summed E-state index contributed by atoms with van der Waals surface area (Å²) in [5, 5.41) is 24.6. The Bertz CT molecular complexity index is 818. The second-order valence-electron chi connectivity index (χ2n) is 5.91. The molecule has 0 aliphatic heterocycles. The maximum Gasteiger partial charge on any atom is 0.295 e. The van der Waals surface area contributed by atoms with Crippen molar-refractivity contribution in [2.75, 3.05) is 0 Å². The Hall–Kier alpha value is -2.68. The van der Waals surface area contributed by atoms with E-state index in [2.05, 4.69) is 6.58 Å². The molecule has 8 heteroatoms. The molecular formula is C21H23F3N2O2S. The van der Waals surface area contributed by atoms with E-state index in [4.69, 9.17) is 15.3 Å². The van der Waals surface area contributed by atoms with E-state index in [1.54, 1.807) is 6.07 Å². The highest BCUT2D eigenvalue weighted by Gasteiger charge is 2.25. The summed E-state index contributed by atoms with van der Waals surface area (Å²) in [6, 6.07) is 3.59. The first-order chi connectivity index (χ1) is 13.4. The number of aliphatic hydroxyl groups is 1. The Morgan fingerprint density at radius 1 is 1.24 bits per heavy atom. The number of hydrogen-bond donors (Lipinski definition) is 1. The molecule has 0 heterocycles. The summed E-state index contributed by atoms with van der Waals surface area (Å²) in [5.41, 5.74) is 0.402. The summed E-state index contributed by atoms with van der Waals surface area (Å²) in [5.74, 6) is -0.137. The number of thioether (sulfide) groups is 1. The van der Waals surface area contributed by atoms with Gasteiger partial charge in [0.1, 0.15) is 17.7 Å². The second kappa shape index (κ2) is 12.7. The molecule has 0 aliphatic carbocycles. The van der Waals surface area contributed by atoms with Crippen molar-refractivity contribution >= 4 is 11.8 Å². The van der Waals surface area contributed by atoms with E-state index in [1.165, 1.54) is 45.1 Å². The fourth-order valence-electron chi connectivity index (χ4n) is 1.74. The molecule has 0 rings (SSSR count). The molecule has 2 atom stereocenters.